The first-order valence-corrected chi connectivity index (χ1v) is 26.5. The molecule has 2 saturated heterocycles. The van der Waals surface area contributed by atoms with Crippen LogP contribution in [0.5, 0.6) is 5.75 Å². The first-order chi connectivity index (χ1) is 35.5. The Morgan fingerprint density at radius 3 is 2.01 bits per heavy atom. The van der Waals surface area contributed by atoms with E-state index in [4.69, 9.17) is 14.2 Å². The maximum Gasteiger partial charge on any atom is 0.329 e. The van der Waals surface area contributed by atoms with E-state index in [0.717, 1.165) is 4.90 Å². The molecule has 0 aromatic heterocycles. The zero-order valence-corrected chi connectivity index (χ0v) is 46.8. The average molecular weight is 1070 g/mol. The molecule has 76 heavy (non-hydrogen) atoms. The molecule has 0 aliphatic carbocycles. The summed E-state index contributed by atoms with van der Waals surface area (Å²) in [6.07, 6.45) is -5.92. The number of hydrogen-bond acceptors (Lipinski definition) is 15. The highest BCUT2D eigenvalue weighted by Crippen LogP contribution is 2.24. The predicted octanol–water partition coefficient (Wildman–Crippen LogP) is 1.49. The number of methoxy groups -OCH3 is 1. The van der Waals surface area contributed by atoms with Crippen LogP contribution in [0.2, 0.25) is 0 Å². The molecule has 426 valence electrons. The monoisotopic (exact) mass is 1070 g/mol. The number of benzene rings is 1. The maximum absolute atomic E-state index is 14.8. The SMILES string of the molecule is CC[C@H](C)[C@@H]1NC(=O)[C@@H](NC(=O)[C@@H](CC(C)C)N(C)C(=O)[C@H](C)NC(=O)[C@H](C)O)[C@@H](C)OC(=O)[C@H](Cc2ccc(OC)cc2)NC(=O)[C@@H]2CCCN2C(=O)[C@H](CC(C)C)NC(=O)[C@@H](C)C(=O)[C@H](C(C)C)OC(=O)C[C@@H]1O. The minimum atomic E-state index is -1.78. The number of Topliss-reactive ketones (excluding diaryl/α,β-unsaturated/α-hetero) is 1. The topological polar surface area (TPSA) is 305 Å². The lowest BCUT2D eigenvalue weighted by atomic mass is 9.91. The fourth-order valence-corrected chi connectivity index (χ4v) is 9.18. The second-order valence-electron chi connectivity index (χ2n) is 21.6. The van der Waals surface area contributed by atoms with Gasteiger partial charge < -0.3 is 60.8 Å². The van der Waals surface area contributed by atoms with Gasteiger partial charge in [0, 0.05) is 20.0 Å². The number of nitrogens with one attached hydrogen (secondary N) is 5. The lowest BCUT2D eigenvalue weighted by Crippen LogP contribution is -2.62. The summed E-state index contributed by atoms with van der Waals surface area (Å²) >= 11 is 0. The Balaban J connectivity index is 2.25. The molecule has 7 N–H and O–H groups in total. The van der Waals surface area contributed by atoms with Gasteiger partial charge in [-0.15, -0.1) is 0 Å². The van der Waals surface area contributed by atoms with Gasteiger partial charge in [-0.3, -0.25) is 43.2 Å². The van der Waals surface area contributed by atoms with Crippen LogP contribution in [0.1, 0.15) is 127 Å². The van der Waals surface area contributed by atoms with Crippen molar-refractivity contribution in [3.05, 3.63) is 29.8 Å². The van der Waals surface area contributed by atoms with Crippen LogP contribution in [-0.4, -0.2) is 166 Å². The first-order valence-electron chi connectivity index (χ1n) is 26.5. The Hall–Kier alpha value is -6.16. The minimum Gasteiger partial charge on any atom is -0.497 e. The Bertz CT molecular complexity index is 2200. The van der Waals surface area contributed by atoms with E-state index in [-0.39, 0.29) is 44.1 Å². The molecule has 2 aliphatic heterocycles. The van der Waals surface area contributed by atoms with Crippen LogP contribution >= 0.6 is 0 Å². The van der Waals surface area contributed by atoms with Gasteiger partial charge in [0.2, 0.25) is 41.4 Å². The van der Waals surface area contributed by atoms with E-state index in [0.29, 0.717) is 24.2 Å². The largest absolute Gasteiger partial charge is 0.497 e. The summed E-state index contributed by atoms with van der Waals surface area (Å²) in [5.74, 6) is -10.9. The zero-order chi connectivity index (χ0) is 57.5. The second kappa shape index (κ2) is 29.4. The molecule has 2 aliphatic rings. The highest BCUT2D eigenvalue weighted by molar-refractivity contribution is 6.05. The van der Waals surface area contributed by atoms with Crippen molar-refractivity contribution in [1.82, 2.24) is 36.4 Å². The van der Waals surface area contributed by atoms with Crippen LogP contribution in [0.3, 0.4) is 0 Å². The minimum absolute atomic E-state index is 0.0434. The fraction of sp³-hybridized carbons (Fsp3) is 0.704. The number of nitrogens with zero attached hydrogens (tertiary/aromatic N) is 2. The van der Waals surface area contributed by atoms with Crippen molar-refractivity contribution in [3.8, 4) is 5.75 Å². The molecule has 0 bridgehead atoms. The molecule has 0 unspecified atom stereocenters. The molecule has 0 radical (unpaired) electrons. The van der Waals surface area contributed by atoms with Gasteiger partial charge in [-0.1, -0.05) is 73.9 Å². The number of fused-ring (bicyclic) bond motifs is 1. The summed E-state index contributed by atoms with van der Waals surface area (Å²) < 4.78 is 17.0. The summed E-state index contributed by atoms with van der Waals surface area (Å²) in [5, 5.41) is 34.8. The lowest BCUT2D eigenvalue weighted by Gasteiger charge is -2.35. The third-order valence-corrected chi connectivity index (χ3v) is 14.0. The second-order valence-corrected chi connectivity index (χ2v) is 21.6. The van der Waals surface area contributed by atoms with Crippen molar-refractivity contribution in [1.29, 1.82) is 0 Å². The number of ketones is 1. The van der Waals surface area contributed by atoms with Gasteiger partial charge in [0.05, 0.1) is 31.6 Å². The molecular weight excluding hydrogens is 987 g/mol. The van der Waals surface area contributed by atoms with Gasteiger partial charge in [-0.25, -0.2) is 4.79 Å². The quantitative estimate of drug-likeness (QED) is 0.0912. The van der Waals surface area contributed by atoms with E-state index in [1.165, 1.54) is 46.8 Å². The van der Waals surface area contributed by atoms with E-state index >= 15 is 0 Å². The number of likely N-dealkylation sites (N-methyl/N-ethyl adjacent to an activating group) is 1. The molecule has 1 aromatic rings. The Labute approximate surface area is 447 Å². The average Bonchev–Trinajstić information content (AvgIpc) is 3.86. The Kier molecular flexibility index (Phi) is 24.8. The summed E-state index contributed by atoms with van der Waals surface area (Å²) in [6.45, 7) is 19.3. The van der Waals surface area contributed by atoms with Gasteiger partial charge in [0.25, 0.3) is 0 Å². The molecule has 7 amide bonds. The highest BCUT2D eigenvalue weighted by Gasteiger charge is 2.43. The molecule has 3 rings (SSSR count). The number of rotatable bonds is 16. The standard InChI is InChI=1S/C54H85N7O15/c1-15-30(8)43-41(63)26-42(64)76-46(29(6)7)45(65)31(9)47(66)56-37(23-27(2)3)53(72)61-22-16-17-39(61)49(68)57-38(25-35-18-20-36(74-14)21-19-35)54(73)75-34(12)44(51(70)58-43)59-50(69)40(24-28(4)5)60(13)52(71)32(10)55-48(67)33(11)62/h18-21,27-34,37-41,43-44,46,62-63H,15-17,22-26H2,1-14H3,(H,55,67)(H,56,66)(H,57,68)(H,58,70)(H,59,69)/t30-,31-,32-,33-,34+,37-,38-,39-,40+,41-,43-,44-,46-/m0/s1. The number of aliphatic hydroxyl groups excluding tert-OH is 2. The smallest absolute Gasteiger partial charge is 0.329 e. The van der Waals surface area contributed by atoms with Crippen molar-refractivity contribution < 1.29 is 72.4 Å². The normalized spacial score (nSPS) is 26.5. The van der Waals surface area contributed by atoms with Crippen LogP contribution in [-0.2, 0) is 63.8 Å². The van der Waals surface area contributed by atoms with Crippen molar-refractivity contribution in [2.45, 2.75) is 195 Å². The number of amides is 7. The van der Waals surface area contributed by atoms with E-state index in [1.54, 1.807) is 65.8 Å². The molecule has 22 nitrogen and oxygen atoms in total. The molecule has 1 aromatic carbocycles. The Morgan fingerprint density at radius 1 is 0.842 bits per heavy atom. The van der Waals surface area contributed by atoms with E-state index in [9.17, 15) is 58.2 Å². The molecular formula is C54H85N7O15. The summed E-state index contributed by atoms with van der Waals surface area (Å²) in [6, 6.07) is -2.62. The number of ether oxygens (including phenoxy) is 3. The number of carbonyl (C=O) groups is 10. The number of aliphatic hydroxyl groups is 2. The number of hydrogen-bond donors (Lipinski definition) is 7. The van der Waals surface area contributed by atoms with Crippen molar-refractivity contribution in [3.63, 3.8) is 0 Å². The van der Waals surface area contributed by atoms with Gasteiger partial charge in [-0.05, 0) is 94.7 Å². The summed E-state index contributed by atoms with van der Waals surface area (Å²) in [7, 11) is 2.81. The molecule has 0 spiro atoms. The van der Waals surface area contributed by atoms with E-state index in [2.05, 4.69) is 26.6 Å². The zero-order valence-electron chi connectivity index (χ0n) is 46.8. The molecule has 0 saturated carbocycles. The first kappa shape index (κ1) is 64.1. The fourth-order valence-electron chi connectivity index (χ4n) is 9.18. The van der Waals surface area contributed by atoms with Crippen LogP contribution in [0, 0.1) is 29.6 Å². The molecule has 2 heterocycles. The van der Waals surface area contributed by atoms with Crippen LogP contribution in [0.15, 0.2) is 24.3 Å². The van der Waals surface area contributed by atoms with Gasteiger partial charge in [0.15, 0.2) is 11.9 Å². The van der Waals surface area contributed by atoms with Crippen LogP contribution in [0.25, 0.3) is 0 Å². The van der Waals surface area contributed by atoms with Crippen LogP contribution < -0.4 is 31.3 Å². The summed E-state index contributed by atoms with van der Waals surface area (Å²) in [5.41, 5.74) is 0.546. The van der Waals surface area contributed by atoms with Gasteiger partial charge >= 0.3 is 11.9 Å². The molecule has 2 fully saturated rings. The van der Waals surface area contributed by atoms with Crippen LogP contribution in [0.4, 0.5) is 0 Å². The number of esters is 2. The molecule has 22 heteroatoms. The third kappa shape index (κ3) is 18.0. The predicted molar refractivity (Wildman–Crippen MR) is 278 cm³/mol. The summed E-state index contributed by atoms with van der Waals surface area (Å²) in [4.78, 5) is 143. The van der Waals surface area contributed by atoms with E-state index < -0.39 is 150 Å². The van der Waals surface area contributed by atoms with Crippen molar-refractivity contribution in [2.75, 3.05) is 20.7 Å². The van der Waals surface area contributed by atoms with Crippen molar-refractivity contribution >= 4 is 59.1 Å². The number of carbonyl (C=O) groups excluding carboxylic acids is 10. The van der Waals surface area contributed by atoms with Gasteiger partial charge in [-0.2, -0.15) is 0 Å². The third-order valence-electron chi connectivity index (χ3n) is 14.0. The van der Waals surface area contributed by atoms with Crippen molar-refractivity contribution in [2.24, 2.45) is 29.6 Å². The maximum atomic E-state index is 14.8. The Morgan fingerprint density at radius 2 is 1.46 bits per heavy atom. The molecule has 13 atom stereocenters. The van der Waals surface area contributed by atoms with Gasteiger partial charge in [0.1, 0.15) is 54.2 Å². The lowest BCUT2D eigenvalue weighted by molar-refractivity contribution is -0.162. The van der Waals surface area contributed by atoms with E-state index in [1.807, 2.05) is 13.8 Å². The highest BCUT2D eigenvalue weighted by atomic mass is 16.6. The number of cyclic esters (lactones) is 2.